The monoisotopic (exact) mass is 350 g/mol. The third-order valence-electron chi connectivity index (χ3n) is 4.25. The molecule has 0 aliphatic heterocycles. The quantitative estimate of drug-likeness (QED) is 0.540. The van der Waals surface area contributed by atoms with Crippen LogP contribution in [0.4, 0.5) is 0 Å². The van der Waals surface area contributed by atoms with Gasteiger partial charge in [-0.15, -0.1) is 0 Å². The van der Waals surface area contributed by atoms with Gasteiger partial charge in [0.1, 0.15) is 0 Å². The molecule has 26 heavy (non-hydrogen) atoms. The van der Waals surface area contributed by atoms with E-state index in [4.69, 9.17) is 0 Å². The van der Waals surface area contributed by atoms with Crippen molar-refractivity contribution >= 4 is 11.3 Å². The summed E-state index contributed by atoms with van der Waals surface area (Å²) in [5.41, 5.74) is 6.55. The molecule has 0 saturated carbocycles. The molecule has 4 aromatic heterocycles. The molecule has 0 unspecified atom stereocenters. The van der Waals surface area contributed by atoms with Crippen LogP contribution in [0.3, 0.4) is 0 Å². The van der Waals surface area contributed by atoms with Gasteiger partial charge in [-0.1, -0.05) is 27.7 Å². The van der Waals surface area contributed by atoms with Gasteiger partial charge < -0.3 is 0 Å². The molecular formula is C20H26N6. The van der Waals surface area contributed by atoms with E-state index in [-0.39, 0.29) is 0 Å². The zero-order chi connectivity index (χ0) is 18.8. The van der Waals surface area contributed by atoms with Crippen LogP contribution in [0.5, 0.6) is 0 Å². The summed E-state index contributed by atoms with van der Waals surface area (Å²) >= 11 is 0. The second-order valence-corrected chi connectivity index (χ2v) is 7.29. The molecule has 0 saturated heterocycles. The lowest BCUT2D eigenvalue weighted by molar-refractivity contribution is 0.757. The van der Waals surface area contributed by atoms with Gasteiger partial charge >= 0.3 is 0 Å². The van der Waals surface area contributed by atoms with Gasteiger partial charge in [0.05, 0.1) is 24.3 Å². The third kappa shape index (κ3) is 3.59. The minimum atomic E-state index is 0.463. The smallest absolute Gasteiger partial charge is 0.158 e. The van der Waals surface area contributed by atoms with E-state index >= 15 is 0 Å². The fourth-order valence-corrected chi connectivity index (χ4v) is 2.78. The number of imidazole rings is 1. The summed E-state index contributed by atoms with van der Waals surface area (Å²) in [6.07, 6.45) is 9.52. The first kappa shape index (κ1) is 18.0. The van der Waals surface area contributed by atoms with E-state index in [0.717, 1.165) is 28.1 Å². The standard InChI is InChI=1S/2C10H13N3/c1-7(2)9-5-12-13-6-8(3)4-11-10(9)13;1-7(2)9-6-11-10-4-8(3)5-12-13(9)10/h2*4-7H,1-3H3. The van der Waals surface area contributed by atoms with Crippen LogP contribution in [0.15, 0.2) is 37.1 Å². The molecular weight excluding hydrogens is 324 g/mol. The molecule has 0 N–H and O–H groups in total. The van der Waals surface area contributed by atoms with E-state index in [0.29, 0.717) is 11.8 Å². The Morgan fingerprint density at radius 2 is 1.58 bits per heavy atom. The fourth-order valence-electron chi connectivity index (χ4n) is 2.78. The highest BCUT2D eigenvalue weighted by molar-refractivity contribution is 5.47. The lowest BCUT2D eigenvalue weighted by Crippen LogP contribution is -1.98. The highest BCUT2D eigenvalue weighted by atomic mass is 15.3. The van der Waals surface area contributed by atoms with E-state index in [1.54, 1.807) is 0 Å². The van der Waals surface area contributed by atoms with Gasteiger partial charge in [-0.3, -0.25) is 0 Å². The second kappa shape index (κ2) is 7.23. The highest BCUT2D eigenvalue weighted by Crippen LogP contribution is 2.18. The second-order valence-electron chi connectivity index (χ2n) is 7.29. The summed E-state index contributed by atoms with van der Waals surface area (Å²) in [6, 6.07) is 2.04. The summed E-state index contributed by atoms with van der Waals surface area (Å²) in [7, 11) is 0. The van der Waals surface area contributed by atoms with Crippen LogP contribution in [0, 0.1) is 13.8 Å². The zero-order valence-corrected chi connectivity index (χ0v) is 16.3. The Hall–Kier alpha value is -2.76. The number of aromatic nitrogens is 6. The van der Waals surface area contributed by atoms with E-state index in [1.807, 2.05) is 59.9 Å². The van der Waals surface area contributed by atoms with Crippen LogP contribution in [0.25, 0.3) is 11.3 Å². The Morgan fingerprint density at radius 3 is 2.27 bits per heavy atom. The number of nitrogens with zero attached hydrogens (tertiary/aromatic N) is 6. The summed E-state index contributed by atoms with van der Waals surface area (Å²) in [5.74, 6) is 0.943. The van der Waals surface area contributed by atoms with Gasteiger partial charge in [-0.25, -0.2) is 19.0 Å². The molecule has 4 heterocycles. The average molecular weight is 350 g/mol. The van der Waals surface area contributed by atoms with Crippen molar-refractivity contribution in [3.63, 3.8) is 0 Å². The molecule has 0 fully saturated rings. The first-order valence-corrected chi connectivity index (χ1v) is 8.97. The SMILES string of the molecule is Cc1cnc2c(C(C)C)cnn2c1.Cc1cnn2c(C(C)C)cnc2c1. The minimum absolute atomic E-state index is 0.463. The van der Waals surface area contributed by atoms with Crippen molar-refractivity contribution < 1.29 is 0 Å². The highest BCUT2D eigenvalue weighted by Gasteiger charge is 2.08. The predicted octanol–water partition coefficient (Wildman–Crippen LogP) is 4.32. The molecule has 0 bridgehead atoms. The van der Waals surface area contributed by atoms with E-state index in [1.165, 1.54) is 5.56 Å². The van der Waals surface area contributed by atoms with Crippen LogP contribution in [0.1, 0.15) is 61.9 Å². The molecule has 136 valence electrons. The summed E-state index contributed by atoms with van der Waals surface area (Å²) in [5, 5.41) is 8.57. The largest absolute Gasteiger partial charge is 0.236 e. The normalized spacial score (nSPS) is 11.4. The Morgan fingerprint density at radius 1 is 0.808 bits per heavy atom. The topological polar surface area (TPSA) is 60.4 Å². The van der Waals surface area contributed by atoms with Gasteiger partial charge in [0, 0.05) is 18.0 Å². The summed E-state index contributed by atoms with van der Waals surface area (Å²) in [6.45, 7) is 12.6. The molecule has 0 aliphatic carbocycles. The minimum Gasteiger partial charge on any atom is -0.236 e. The Balaban J connectivity index is 0.000000151. The van der Waals surface area contributed by atoms with Gasteiger partial charge in [-0.05, 0) is 42.9 Å². The van der Waals surface area contributed by atoms with Gasteiger partial charge in [0.25, 0.3) is 0 Å². The molecule has 0 aromatic carbocycles. The zero-order valence-electron chi connectivity index (χ0n) is 16.3. The van der Waals surface area contributed by atoms with Crippen molar-refractivity contribution in [3.8, 4) is 0 Å². The maximum atomic E-state index is 4.36. The lowest BCUT2D eigenvalue weighted by Gasteiger charge is -2.02. The Labute approximate surface area is 153 Å². The van der Waals surface area contributed by atoms with E-state index in [2.05, 4.69) is 47.9 Å². The molecule has 4 aromatic rings. The summed E-state index contributed by atoms with van der Waals surface area (Å²) in [4.78, 5) is 8.66. The summed E-state index contributed by atoms with van der Waals surface area (Å²) < 4.78 is 3.74. The first-order chi connectivity index (χ1) is 12.4. The van der Waals surface area contributed by atoms with Crippen LogP contribution in [-0.4, -0.2) is 29.2 Å². The number of hydrogen-bond acceptors (Lipinski definition) is 4. The molecule has 0 spiro atoms. The van der Waals surface area contributed by atoms with Crippen LogP contribution in [-0.2, 0) is 0 Å². The molecule has 0 atom stereocenters. The van der Waals surface area contributed by atoms with E-state index < -0.39 is 0 Å². The first-order valence-electron chi connectivity index (χ1n) is 8.97. The van der Waals surface area contributed by atoms with Gasteiger partial charge in [0.2, 0.25) is 0 Å². The predicted molar refractivity (Wildman–Crippen MR) is 104 cm³/mol. The fraction of sp³-hybridized carbons (Fsp3) is 0.400. The lowest BCUT2D eigenvalue weighted by atomic mass is 10.1. The maximum Gasteiger partial charge on any atom is 0.158 e. The van der Waals surface area contributed by atoms with Gasteiger partial charge in [0.15, 0.2) is 11.3 Å². The van der Waals surface area contributed by atoms with Crippen LogP contribution >= 0.6 is 0 Å². The molecule has 0 amide bonds. The van der Waals surface area contributed by atoms with Gasteiger partial charge in [-0.2, -0.15) is 10.2 Å². The van der Waals surface area contributed by atoms with Crippen molar-refractivity contribution in [2.24, 2.45) is 0 Å². The maximum absolute atomic E-state index is 4.36. The molecule has 6 heteroatoms. The van der Waals surface area contributed by atoms with Crippen molar-refractivity contribution in [2.45, 2.75) is 53.4 Å². The van der Waals surface area contributed by atoms with Crippen molar-refractivity contribution in [1.82, 2.24) is 29.2 Å². The molecule has 4 rings (SSSR count). The van der Waals surface area contributed by atoms with Crippen molar-refractivity contribution in [3.05, 3.63) is 59.4 Å². The third-order valence-corrected chi connectivity index (χ3v) is 4.25. The Kier molecular flexibility index (Phi) is 5.02. The van der Waals surface area contributed by atoms with Crippen molar-refractivity contribution in [1.29, 1.82) is 0 Å². The van der Waals surface area contributed by atoms with Crippen LogP contribution < -0.4 is 0 Å². The number of fused-ring (bicyclic) bond motifs is 2. The Bertz CT molecular complexity index is 941. The molecule has 0 aliphatic rings. The average Bonchev–Trinajstić information content (AvgIpc) is 3.18. The van der Waals surface area contributed by atoms with Crippen LogP contribution in [0.2, 0.25) is 0 Å². The van der Waals surface area contributed by atoms with E-state index in [9.17, 15) is 0 Å². The molecule has 0 radical (unpaired) electrons. The van der Waals surface area contributed by atoms with Crippen molar-refractivity contribution in [2.75, 3.05) is 0 Å². The number of aryl methyl sites for hydroxylation is 2. The number of rotatable bonds is 2. The molecule has 6 nitrogen and oxygen atoms in total. The number of hydrogen-bond donors (Lipinski definition) is 0.